The van der Waals surface area contributed by atoms with Gasteiger partial charge in [0.25, 0.3) is 0 Å². The summed E-state index contributed by atoms with van der Waals surface area (Å²) in [5.41, 5.74) is 0.831. The van der Waals surface area contributed by atoms with Crippen molar-refractivity contribution in [2.75, 3.05) is 13.1 Å². The molecule has 1 N–H and O–H groups in total. The Morgan fingerprint density at radius 3 is 2.70 bits per heavy atom. The highest BCUT2D eigenvalue weighted by molar-refractivity contribution is 7.89. The van der Waals surface area contributed by atoms with Crippen LogP contribution in [-0.4, -0.2) is 36.7 Å². The number of hydrogen-bond acceptors (Lipinski definition) is 6. The number of benzene rings is 1. The molecule has 6 nitrogen and oxygen atoms in total. The zero-order chi connectivity index (χ0) is 21.1. The van der Waals surface area contributed by atoms with Crippen LogP contribution in [0.1, 0.15) is 18.5 Å². The molecule has 0 spiro atoms. The van der Waals surface area contributed by atoms with E-state index in [9.17, 15) is 13.2 Å². The van der Waals surface area contributed by atoms with Crippen LogP contribution < -0.4 is 5.32 Å². The highest BCUT2D eigenvalue weighted by atomic mass is 35.5. The minimum Gasteiger partial charge on any atom is -0.350 e. The summed E-state index contributed by atoms with van der Waals surface area (Å²) in [7, 11) is -3.60. The molecule has 0 bridgehead atoms. The van der Waals surface area contributed by atoms with Crippen LogP contribution in [0.4, 0.5) is 0 Å². The summed E-state index contributed by atoms with van der Waals surface area (Å²) < 4.78 is 27.0. The molecular weight excluding hydrogens is 462 g/mol. The summed E-state index contributed by atoms with van der Waals surface area (Å²) in [4.78, 5) is 18.4. The van der Waals surface area contributed by atoms with Crippen molar-refractivity contribution in [2.24, 2.45) is 5.92 Å². The van der Waals surface area contributed by atoms with Gasteiger partial charge in [-0.15, -0.1) is 22.7 Å². The number of nitrogens with zero attached hydrogens (tertiary/aromatic N) is 2. The Labute approximate surface area is 188 Å². The quantitative estimate of drug-likeness (QED) is 0.571. The van der Waals surface area contributed by atoms with E-state index >= 15 is 0 Å². The first-order chi connectivity index (χ1) is 14.4. The predicted octanol–water partition coefficient (Wildman–Crippen LogP) is 4.24. The van der Waals surface area contributed by atoms with E-state index in [-0.39, 0.29) is 16.7 Å². The molecule has 0 aliphatic carbocycles. The van der Waals surface area contributed by atoms with Gasteiger partial charge in [-0.2, -0.15) is 4.31 Å². The molecule has 0 saturated carbocycles. The van der Waals surface area contributed by atoms with Gasteiger partial charge in [-0.3, -0.25) is 4.79 Å². The summed E-state index contributed by atoms with van der Waals surface area (Å²) in [6.07, 6.45) is 0.978. The third kappa shape index (κ3) is 4.76. The van der Waals surface area contributed by atoms with Crippen molar-refractivity contribution in [1.82, 2.24) is 14.6 Å². The number of nitrogens with one attached hydrogen (secondary N) is 1. The van der Waals surface area contributed by atoms with E-state index in [1.807, 2.05) is 22.9 Å². The Morgan fingerprint density at radius 1 is 1.20 bits per heavy atom. The van der Waals surface area contributed by atoms with Crippen molar-refractivity contribution < 1.29 is 13.2 Å². The van der Waals surface area contributed by atoms with Crippen molar-refractivity contribution >= 4 is 50.2 Å². The molecule has 3 heterocycles. The third-order valence-corrected chi connectivity index (χ3v) is 9.05. The number of carbonyl (C=O) groups excluding carboxylic acids is 1. The van der Waals surface area contributed by atoms with Gasteiger partial charge in [-0.25, -0.2) is 13.4 Å². The van der Waals surface area contributed by atoms with Crippen molar-refractivity contribution in [3.63, 3.8) is 0 Å². The largest absolute Gasteiger partial charge is 0.350 e. The number of sulfonamides is 1. The van der Waals surface area contributed by atoms with Crippen molar-refractivity contribution in [3.8, 4) is 9.88 Å². The molecule has 10 heteroatoms. The Hall–Kier alpha value is -1.78. The van der Waals surface area contributed by atoms with E-state index in [2.05, 4.69) is 10.3 Å². The monoisotopic (exact) mass is 481 g/mol. The number of amides is 1. The summed E-state index contributed by atoms with van der Waals surface area (Å²) in [6.45, 7) is 1.00. The van der Waals surface area contributed by atoms with Gasteiger partial charge in [0.15, 0.2) is 0 Å². The molecule has 1 saturated heterocycles. The minimum absolute atomic E-state index is 0.0551. The molecule has 0 unspecified atom stereocenters. The number of thiophene rings is 1. The molecule has 2 aromatic heterocycles. The van der Waals surface area contributed by atoms with Crippen molar-refractivity contribution in [1.29, 1.82) is 0 Å². The molecule has 0 atom stereocenters. The van der Waals surface area contributed by atoms with Crippen LogP contribution >= 0.6 is 34.3 Å². The molecule has 1 aliphatic heterocycles. The molecule has 158 valence electrons. The molecular formula is C20H20ClN3O3S3. The first-order valence-corrected chi connectivity index (χ1v) is 13.0. The lowest BCUT2D eigenvalue weighted by Crippen LogP contribution is -2.42. The SMILES string of the molecule is O=C(NCc1csc(-c2cccs2)n1)C1CCN(S(=O)(=O)c2cccc(Cl)c2)CC1. The first-order valence-electron chi connectivity index (χ1n) is 9.45. The normalized spacial score (nSPS) is 15.9. The van der Waals surface area contributed by atoms with Gasteiger partial charge in [-0.05, 0) is 42.5 Å². The molecule has 30 heavy (non-hydrogen) atoms. The number of aromatic nitrogens is 1. The van der Waals surface area contributed by atoms with Crippen LogP contribution in [0.15, 0.2) is 52.1 Å². The van der Waals surface area contributed by atoms with Gasteiger partial charge < -0.3 is 5.32 Å². The lowest BCUT2D eigenvalue weighted by Gasteiger charge is -2.30. The summed E-state index contributed by atoms with van der Waals surface area (Å²) >= 11 is 9.13. The zero-order valence-electron chi connectivity index (χ0n) is 16.0. The van der Waals surface area contributed by atoms with Gasteiger partial charge >= 0.3 is 0 Å². The minimum atomic E-state index is -3.60. The Bertz CT molecular complexity index is 1120. The third-order valence-electron chi connectivity index (χ3n) is 4.99. The standard InChI is InChI=1S/C20H20ClN3O3S3/c21-15-3-1-4-17(11-15)30(26,27)24-8-6-14(7-9-24)19(25)22-12-16-13-29-20(23-16)18-5-2-10-28-18/h1-5,10-11,13-14H,6-9,12H2,(H,22,25). The number of thiazole rings is 1. The van der Waals surface area contributed by atoms with Crippen molar-refractivity contribution in [3.05, 3.63) is 57.9 Å². The van der Waals surface area contributed by atoms with Gasteiger partial charge in [0.2, 0.25) is 15.9 Å². The Morgan fingerprint density at radius 2 is 2.00 bits per heavy atom. The van der Waals surface area contributed by atoms with Crippen LogP contribution in [0.5, 0.6) is 0 Å². The highest BCUT2D eigenvalue weighted by Crippen LogP contribution is 2.28. The van der Waals surface area contributed by atoms with Crippen LogP contribution in [0.3, 0.4) is 0 Å². The average Bonchev–Trinajstić information content (AvgIpc) is 3.44. The van der Waals surface area contributed by atoms with E-state index in [1.54, 1.807) is 34.8 Å². The van der Waals surface area contributed by atoms with E-state index < -0.39 is 10.0 Å². The van der Waals surface area contributed by atoms with Crippen LogP contribution in [0.25, 0.3) is 9.88 Å². The molecule has 4 rings (SSSR count). The molecule has 0 radical (unpaired) electrons. The van der Waals surface area contributed by atoms with E-state index in [0.717, 1.165) is 15.6 Å². The summed E-state index contributed by atoms with van der Waals surface area (Å²) in [5.74, 6) is -0.258. The second-order valence-corrected chi connectivity index (χ2v) is 11.2. The van der Waals surface area contributed by atoms with Gasteiger partial charge in [0.1, 0.15) is 5.01 Å². The van der Waals surface area contributed by atoms with Crippen molar-refractivity contribution in [2.45, 2.75) is 24.3 Å². The molecule has 1 aliphatic rings. The average molecular weight is 482 g/mol. The number of hydrogen-bond donors (Lipinski definition) is 1. The predicted molar refractivity (Wildman–Crippen MR) is 120 cm³/mol. The summed E-state index contributed by atoms with van der Waals surface area (Å²) in [6, 6.07) is 10.3. The van der Waals surface area contributed by atoms with E-state index in [1.165, 1.54) is 16.4 Å². The molecule has 1 fully saturated rings. The van der Waals surface area contributed by atoms with E-state index in [4.69, 9.17) is 11.6 Å². The lowest BCUT2D eigenvalue weighted by atomic mass is 9.97. The second-order valence-electron chi connectivity index (χ2n) is 6.97. The first kappa shape index (κ1) is 21.5. The Kier molecular flexibility index (Phi) is 6.54. The molecule has 1 aromatic carbocycles. The zero-order valence-corrected chi connectivity index (χ0v) is 19.2. The fourth-order valence-electron chi connectivity index (χ4n) is 3.36. The Balaban J connectivity index is 1.30. The highest BCUT2D eigenvalue weighted by Gasteiger charge is 2.32. The number of piperidine rings is 1. The van der Waals surface area contributed by atoms with Crippen LogP contribution in [0.2, 0.25) is 5.02 Å². The van der Waals surface area contributed by atoms with Gasteiger partial charge in [-0.1, -0.05) is 23.7 Å². The topological polar surface area (TPSA) is 79.4 Å². The number of halogens is 1. The second kappa shape index (κ2) is 9.15. The maximum Gasteiger partial charge on any atom is 0.243 e. The fraction of sp³-hybridized carbons (Fsp3) is 0.300. The fourth-order valence-corrected chi connectivity index (χ4v) is 6.76. The maximum atomic E-state index is 12.8. The van der Waals surface area contributed by atoms with Gasteiger partial charge in [0.05, 0.1) is 22.0 Å². The summed E-state index contributed by atoms with van der Waals surface area (Å²) in [5, 5.41) is 8.24. The molecule has 1 amide bonds. The van der Waals surface area contributed by atoms with Crippen LogP contribution in [0, 0.1) is 5.92 Å². The maximum absolute atomic E-state index is 12.8. The number of rotatable bonds is 6. The molecule has 3 aromatic rings. The van der Waals surface area contributed by atoms with Crippen LogP contribution in [-0.2, 0) is 21.4 Å². The van der Waals surface area contributed by atoms with E-state index in [0.29, 0.717) is 37.5 Å². The lowest BCUT2D eigenvalue weighted by molar-refractivity contribution is -0.126. The smallest absolute Gasteiger partial charge is 0.243 e. The number of carbonyl (C=O) groups is 1. The van der Waals surface area contributed by atoms with Gasteiger partial charge in [0, 0.05) is 29.4 Å².